The van der Waals surface area contributed by atoms with Gasteiger partial charge in [0, 0.05) is 40.2 Å². The number of fused-ring (bicyclic) bond motifs is 1. The summed E-state index contributed by atoms with van der Waals surface area (Å²) >= 11 is 0. The van der Waals surface area contributed by atoms with E-state index in [9.17, 15) is 4.79 Å². The molecule has 0 saturated heterocycles. The van der Waals surface area contributed by atoms with Gasteiger partial charge >= 0.3 is 0 Å². The Morgan fingerprint density at radius 3 is 2.67 bits per heavy atom. The van der Waals surface area contributed by atoms with Crippen molar-refractivity contribution in [1.29, 1.82) is 0 Å². The summed E-state index contributed by atoms with van der Waals surface area (Å²) in [4.78, 5) is 15.6. The molecule has 1 amide bonds. The molecule has 0 fully saturated rings. The minimum Gasteiger partial charge on any atom is -0.405 e. The maximum Gasteiger partial charge on any atom is 0.272 e. The number of carbonyl (C=O) groups excluding carboxylic acids is 1. The third-order valence-corrected chi connectivity index (χ3v) is 4.56. The highest BCUT2D eigenvalue weighted by molar-refractivity contribution is 5.99. The number of hydrogen-bond donors (Lipinski definition) is 6. The summed E-state index contributed by atoms with van der Waals surface area (Å²) in [5.41, 5.74) is 16.4. The zero-order chi connectivity index (χ0) is 20.9. The van der Waals surface area contributed by atoms with Crippen molar-refractivity contribution in [3.63, 3.8) is 0 Å². The van der Waals surface area contributed by atoms with Crippen LogP contribution in [0.3, 0.4) is 0 Å². The number of carbonyl (C=O) groups is 1. The molecule has 0 saturated carbocycles. The third-order valence-electron chi connectivity index (χ3n) is 4.56. The number of nitrogens with zero attached hydrogens (tertiary/aromatic N) is 1. The van der Waals surface area contributed by atoms with E-state index in [-0.39, 0.29) is 5.91 Å². The highest BCUT2D eigenvalue weighted by Crippen LogP contribution is 2.26. The SMILES string of the molecule is N/C=C\C(=C/N)NC(=O)c1cc2ccc(Nc3cccc(-c4cn[nH]c4)c3)cc2[nH]1. The van der Waals surface area contributed by atoms with Crippen molar-refractivity contribution >= 4 is 28.2 Å². The average molecular weight is 399 g/mol. The lowest BCUT2D eigenvalue weighted by atomic mass is 10.1. The Kier molecular flexibility index (Phi) is 5.21. The quantitative estimate of drug-likeness (QED) is 0.276. The largest absolute Gasteiger partial charge is 0.405 e. The second-order valence-electron chi connectivity index (χ2n) is 6.61. The van der Waals surface area contributed by atoms with E-state index in [4.69, 9.17) is 11.5 Å². The molecule has 0 radical (unpaired) electrons. The lowest BCUT2D eigenvalue weighted by molar-refractivity contribution is 0.0963. The Labute approximate surface area is 172 Å². The Hall–Kier alpha value is -4.46. The Bertz CT molecular complexity index is 1240. The fraction of sp³-hybridized carbons (Fsp3) is 0. The Morgan fingerprint density at radius 1 is 1.03 bits per heavy atom. The molecule has 0 aliphatic carbocycles. The summed E-state index contributed by atoms with van der Waals surface area (Å²) in [5, 5.41) is 13.8. The number of nitrogens with two attached hydrogens (primary N) is 2. The lowest BCUT2D eigenvalue weighted by Gasteiger charge is -2.08. The van der Waals surface area contributed by atoms with Gasteiger partial charge in [-0.3, -0.25) is 9.89 Å². The fourth-order valence-corrected chi connectivity index (χ4v) is 3.12. The first-order valence-electron chi connectivity index (χ1n) is 9.27. The van der Waals surface area contributed by atoms with E-state index in [0.29, 0.717) is 11.4 Å². The minimum atomic E-state index is -0.302. The monoisotopic (exact) mass is 399 g/mol. The zero-order valence-electron chi connectivity index (χ0n) is 16.0. The topological polar surface area (TPSA) is 138 Å². The van der Waals surface area contributed by atoms with Crippen LogP contribution in [0.4, 0.5) is 11.4 Å². The highest BCUT2D eigenvalue weighted by atomic mass is 16.1. The van der Waals surface area contributed by atoms with Crippen LogP contribution in [0.2, 0.25) is 0 Å². The van der Waals surface area contributed by atoms with Crippen LogP contribution in [0.25, 0.3) is 22.0 Å². The zero-order valence-corrected chi connectivity index (χ0v) is 16.0. The van der Waals surface area contributed by atoms with Crippen molar-refractivity contribution in [2.75, 3.05) is 5.32 Å². The number of allylic oxidation sites excluding steroid dienone is 1. The number of rotatable bonds is 6. The average Bonchev–Trinajstić information content (AvgIpc) is 3.43. The molecule has 0 spiro atoms. The molecule has 4 aromatic rings. The van der Waals surface area contributed by atoms with Crippen LogP contribution < -0.4 is 22.1 Å². The van der Waals surface area contributed by atoms with Crippen molar-refractivity contribution in [2.24, 2.45) is 11.5 Å². The van der Waals surface area contributed by atoms with Crippen LogP contribution in [0, 0.1) is 0 Å². The molecule has 4 rings (SSSR count). The molecule has 2 aromatic heterocycles. The molecule has 30 heavy (non-hydrogen) atoms. The maximum absolute atomic E-state index is 12.4. The predicted octanol–water partition coefficient (Wildman–Crippen LogP) is 3.30. The minimum absolute atomic E-state index is 0.302. The van der Waals surface area contributed by atoms with Gasteiger partial charge in [0.25, 0.3) is 5.91 Å². The second kappa shape index (κ2) is 8.27. The molecular formula is C22H21N7O. The lowest BCUT2D eigenvalue weighted by Crippen LogP contribution is -2.23. The summed E-state index contributed by atoms with van der Waals surface area (Å²) in [6, 6.07) is 15.7. The van der Waals surface area contributed by atoms with Gasteiger partial charge in [-0.1, -0.05) is 18.2 Å². The van der Waals surface area contributed by atoms with Crippen LogP contribution in [0.15, 0.2) is 85.1 Å². The van der Waals surface area contributed by atoms with Crippen LogP contribution in [-0.2, 0) is 0 Å². The van der Waals surface area contributed by atoms with E-state index in [1.165, 1.54) is 18.5 Å². The van der Waals surface area contributed by atoms with Crippen LogP contribution in [0.5, 0.6) is 0 Å². The molecule has 2 aromatic carbocycles. The Balaban J connectivity index is 1.54. The number of aromatic amines is 2. The third kappa shape index (κ3) is 4.02. The molecule has 2 heterocycles. The maximum atomic E-state index is 12.4. The molecule has 8 heteroatoms. The number of nitrogens with one attached hydrogen (secondary N) is 4. The van der Waals surface area contributed by atoms with Crippen molar-refractivity contribution in [3.05, 3.63) is 90.8 Å². The molecule has 8 nitrogen and oxygen atoms in total. The molecule has 0 atom stereocenters. The number of benzene rings is 2. The van der Waals surface area contributed by atoms with E-state index in [2.05, 4.69) is 25.8 Å². The predicted molar refractivity (Wildman–Crippen MR) is 119 cm³/mol. The summed E-state index contributed by atoms with van der Waals surface area (Å²) < 4.78 is 0. The molecule has 8 N–H and O–H groups in total. The van der Waals surface area contributed by atoms with Crippen LogP contribution in [-0.4, -0.2) is 21.1 Å². The number of H-pyrrole nitrogens is 2. The van der Waals surface area contributed by atoms with Crippen LogP contribution in [0.1, 0.15) is 10.5 Å². The molecular weight excluding hydrogens is 378 g/mol. The van der Waals surface area contributed by atoms with Crippen molar-refractivity contribution in [3.8, 4) is 11.1 Å². The van der Waals surface area contributed by atoms with Gasteiger partial charge in [-0.05, 0) is 48.2 Å². The van der Waals surface area contributed by atoms with Gasteiger partial charge in [-0.15, -0.1) is 0 Å². The van der Waals surface area contributed by atoms with Gasteiger partial charge in [0.15, 0.2) is 0 Å². The summed E-state index contributed by atoms with van der Waals surface area (Å²) in [6.07, 6.45) is 7.74. The van der Waals surface area contributed by atoms with Gasteiger partial charge in [0.2, 0.25) is 0 Å². The van der Waals surface area contributed by atoms with Gasteiger partial charge in [-0.2, -0.15) is 5.10 Å². The number of anilines is 2. The fourth-order valence-electron chi connectivity index (χ4n) is 3.12. The Morgan fingerprint density at radius 2 is 1.90 bits per heavy atom. The highest BCUT2D eigenvalue weighted by Gasteiger charge is 2.11. The van der Waals surface area contributed by atoms with Crippen molar-refractivity contribution in [2.45, 2.75) is 0 Å². The molecule has 0 unspecified atom stereocenters. The van der Waals surface area contributed by atoms with Crippen molar-refractivity contribution < 1.29 is 4.79 Å². The summed E-state index contributed by atoms with van der Waals surface area (Å²) in [5.74, 6) is -0.302. The number of aromatic nitrogens is 3. The van der Waals surface area contributed by atoms with Gasteiger partial charge in [-0.25, -0.2) is 0 Å². The first-order valence-corrected chi connectivity index (χ1v) is 9.27. The van der Waals surface area contributed by atoms with Crippen LogP contribution >= 0.6 is 0 Å². The first kappa shape index (κ1) is 18.9. The smallest absolute Gasteiger partial charge is 0.272 e. The van der Waals surface area contributed by atoms with E-state index in [0.717, 1.165) is 33.4 Å². The van der Waals surface area contributed by atoms with E-state index < -0.39 is 0 Å². The molecule has 150 valence electrons. The standard InChI is InChI=1S/C22H21N7O/c23-7-6-19(11-24)28-22(30)21-9-15-4-5-18(10-20(15)29-21)27-17-3-1-2-14(8-17)16-12-25-26-13-16/h1-13,27,29H,23-24H2,(H,25,26)(H,28,30)/b7-6-,19-11+. The number of amides is 1. The first-order chi connectivity index (χ1) is 14.7. The van der Waals surface area contributed by atoms with Crippen molar-refractivity contribution in [1.82, 2.24) is 20.5 Å². The second-order valence-corrected chi connectivity index (χ2v) is 6.61. The summed E-state index contributed by atoms with van der Waals surface area (Å²) in [7, 11) is 0. The normalized spacial score (nSPS) is 11.8. The number of hydrogen-bond acceptors (Lipinski definition) is 5. The van der Waals surface area contributed by atoms with E-state index in [1.807, 2.05) is 48.7 Å². The summed E-state index contributed by atoms with van der Waals surface area (Å²) in [6.45, 7) is 0. The van der Waals surface area contributed by atoms with Gasteiger partial charge in [0.1, 0.15) is 5.69 Å². The van der Waals surface area contributed by atoms with E-state index in [1.54, 1.807) is 12.3 Å². The molecule has 0 aliphatic rings. The van der Waals surface area contributed by atoms with Gasteiger partial charge in [0.05, 0.1) is 11.9 Å². The molecule has 0 bridgehead atoms. The molecule has 0 aliphatic heterocycles. The van der Waals surface area contributed by atoms with Gasteiger partial charge < -0.3 is 27.1 Å². The van der Waals surface area contributed by atoms with E-state index >= 15 is 0 Å².